The second kappa shape index (κ2) is 17.0. The molecule has 2 rings (SSSR count). The van der Waals surface area contributed by atoms with E-state index in [-0.39, 0.29) is 0 Å². The van der Waals surface area contributed by atoms with Crippen LogP contribution in [0.2, 0.25) is 0 Å². The molecular weight excluding hydrogens is 438 g/mol. The lowest BCUT2D eigenvalue weighted by molar-refractivity contribution is 0.752. The summed E-state index contributed by atoms with van der Waals surface area (Å²) in [4.78, 5) is 8.89. The first-order valence-corrected chi connectivity index (χ1v) is 13.3. The summed E-state index contributed by atoms with van der Waals surface area (Å²) in [7, 11) is 0. The van der Waals surface area contributed by atoms with Crippen molar-refractivity contribution in [3.8, 4) is 6.07 Å². The number of hydrogen-bond donors (Lipinski definition) is 0. The Morgan fingerprint density at radius 2 is 1.89 bits per heavy atom. The summed E-state index contributed by atoms with van der Waals surface area (Å²) in [6.07, 6.45) is 33.2. The van der Waals surface area contributed by atoms with Crippen LogP contribution in [-0.4, -0.2) is 9.97 Å². The molecule has 0 saturated carbocycles. The number of unbranched alkanes of at least 4 members (excludes halogenated alkanes) is 3. The molecule has 0 N–H and O–H groups in total. The van der Waals surface area contributed by atoms with Gasteiger partial charge in [0.25, 0.3) is 0 Å². The maximum atomic E-state index is 9.44. The van der Waals surface area contributed by atoms with Crippen LogP contribution in [0.4, 0.5) is 0 Å². The van der Waals surface area contributed by atoms with Gasteiger partial charge in [-0.15, -0.1) is 0 Å². The maximum Gasteiger partial charge on any atom is 0.155 e. The molecule has 1 aliphatic rings. The first-order chi connectivity index (χ1) is 17.6. The average Bonchev–Trinajstić information content (AvgIpc) is 2.88. The van der Waals surface area contributed by atoms with Crippen molar-refractivity contribution >= 4 is 5.57 Å². The van der Waals surface area contributed by atoms with Crippen LogP contribution in [0.3, 0.4) is 0 Å². The molecule has 1 aliphatic carbocycles. The molecule has 1 atom stereocenters. The van der Waals surface area contributed by atoms with Gasteiger partial charge < -0.3 is 0 Å². The third-order valence-corrected chi connectivity index (χ3v) is 6.02. The van der Waals surface area contributed by atoms with Gasteiger partial charge in [0.1, 0.15) is 0 Å². The highest BCUT2D eigenvalue weighted by molar-refractivity contribution is 5.65. The van der Waals surface area contributed by atoms with Gasteiger partial charge >= 0.3 is 0 Å². The van der Waals surface area contributed by atoms with Crippen molar-refractivity contribution in [2.75, 3.05) is 0 Å². The van der Waals surface area contributed by atoms with Crippen LogP contribution in [0.25, 0.3) is 5.57 Å². The number of rotatable bonds is 13. The van der Waals surface area contributed by atoms with E-state index >= 15 is 0 Å². The molecule has 0 radical (unpaired) electrons. The van der Waals surface area contributed by atoms with Crippen molar-refractivity contribution in [3.63, 3.8) is 0 Å². The fourth-order valence-corrected chi connectivity index (χ4v) is 3.89. The fraction of sp³-hybridized carbons (Fsp3) is 0.364. The van der Waals surface area contributed by atoms with Crippen molar-refractivity contribution in [1.82, 2.24) is 9.97 Å². The van der Waals surface area contributed by atoms with Gasteiger partial charge in [-0.3, -0.25) is 0 Å². The molecule has 1 aromatic rings. The predicted octanol–water partition coefficient (Wildman–Crippen LogP) is 9.20. The molecule has 36 heavy (non-hydrogen) atoms. The zero-order valence-corrected chi connectivity index (χ0v) is 22.3. The lowest BCUT2D eigenvalue weighted by Gasteiger charge is -2.16. The highest BCUT2D eigenvalue weighted by atomic mass is 14.9. The molecule has 0 bridgehead atoms. The average molecular weight is 480 g/mol. The van der Waals surface area contributed by atoms with Gasteiger partial charge in [-0.1, -0.05) is 101 Å². The Bertz CT molecular complexity index is 1090. The zero-order valence-electron chi connectivity index (χ0n) is 22.3. The van der Waals surface area contributed by atoms with Crippen LogP contribution in [-0.2, 0) is 0 Å². The Labute approximate surface area is 218 Å². The van der Waals surface area contributed by atoms with E-state index in [1.54, 1.807) is 12.4 Å². The Morgan fingerprint density at radius 3 is 2.61 bits per heavy atom. The molecule has 0 aliphatic heterocycles. The minimum absolute atomic E-state index is 0.327. The zero-order chi connectivity index (χ0) is 26.0. The number of nitriles is 1. The van der Waals surface area contributed by atoms with Gasteiger partial charge in [-0.25, -0.2) is 9.97 Å². The molecule has 0 spiro atoms. The number of aromatic nitrogens is 2. The van der Waals surface area contributed by atoms with E-state index in [0.29, 0.717) is 11.5 Å². The number of nitrogens with zero attached hydrogens (tertiary/aromatic N) is 3. The second-order valence-electron chi connectivity index (χ2n) is 9.15. The lowest BCUT2D eigenvalue weighted by atomic mass is 9.91. The van der Waals surface area contributed by atoms with E-state index in [1.165, 1.54) is 11.1 Å². The Kier molecular flexibility index (Phi) is 13.6. The number of hydrogen-bond acceptors (Lipinski definition) is 3. The molecule has 3 heteroatoms. The van der Waals surface area contributed by atoms with Crippen LogP contribution in [0, 0.1) is 17.2 Å². The Hall–Kier alpha value is -3.51. The van der Waals surface area contributed by atoms with Gasteiger partial charge in [0.15, 0.2) is 5.82 Å². The standard InChI is InChI=1S/C33H41N3/c1-5-7-9-11-16-29(26-34)25-27(3)15-12-18-30(17-10-8-6-2)31-19-13-20-32(28(4)21-22-31)33-35-23-14-24-36-33/h10-11,13-14,16-20,22-25,28H,3,5-9,12,15,21H2,1-2,4H3. The van der Waals surface area contributed by atoms with Gasteiger partial charge in [-0.2, -0.15) is 5.26 Å². The topological polar surface area (TPSA) is 49.6 Å². The van der Waals surface area contributed by atoms with Crippen molar-refractivity contribution < 1.29 is 0 Å². The summed E-state index contributed by atoms with van der Waals surface area (Å²) in [6, 6.07) is 4.13. The molecule has 0 saturated heterocycles. The first kappa shape index (κ1) is 28.7. The molecule has 3 nitrogen and oxygen atoms in total. The van der Waals surface area contributed by atoms with E-state index in [1.807, 2.05) is 18.2 Å². The number of allylic oxidation sites excluding steroid dienone is 15. The largest absolute Gasteiger partial charge is 0.237 e. The molecule has 1 unspecified atom stereocenters. The highest BCUT2D eigenvalue weighted by Gasteiger charge is 2.14. The van der Waals surface area contributed by atoms with E-state index in [0.717, 1.165) is 68.3 Å². The summed E-state index contributed by atoms with van der Waals surface area (Å²) in [5.41, 5.74) is 5.28. The minimum Gasteiger partial charge on any atom is -0.237 e. The van der Waals surface area contributed by atoms with Crippen molar-refractivity contribution in [3.05, 3.63) is 114 Å². The first-order valence-electron chi connectivity index (χ1n) is 13.3. The van der Waals surface area contributed by atoms with E-state index in [2.05, 4.69) is 92.0 Å². The van der Waals surface area contributed by atoms with Gasteiger partial charge in [-0.05, 0) is 73.0 Å². The van der Waals surface area contributed by atoms with Gasteiger partial charge in [0, 0.05) is 12.4 Å². The smallest absolute Gasteiger partial charge is 0.155 e. The normalized spacial score (nSPS) is 17.0. The SMILES string of the molecule is C=C(C=C(C#N)C=CCCCC)CCC=C(C=CCCC)C1=CCC(C)C(c2ncccn2)=CC=C1. The Balaban J connectivity index is 2.15. The predicted molar refractivity (Wildman–Crippen MR) is 154 cm³/mol. The minimum atomic E-state index is 0.327. The van der Waals surface area contributed by atoms with E-state index in [4.69, 9.17) is 0 Å². The molecule has 0 amide bonds. The molecule has 0 aromatic carbocycles. The summed E-state index contributed by atoms with van der Waals surface area (Å²) >= 11 is 0. The quantitative estimate of drug-likeness (QED) is 0.161. The maximum absolute atomic E-state index is 9.44. The third kappa shape index (κ3) is 10.4. The van der Waals surface area contributed by atoms with Crippen LogP contribution in [0.15, 0.2) is 108 Å². The molecule has 1 aromatic heterocycles. The Morgan fingerprint density at radius 1 is 1.11 bits per heavy atom. The van der Waals surface area contributed by atoms with Crippen molar-refractivity contribution in [2.45, 2.75) is 72.1 Å². The van der Waals surface area contributed by atoms with E-state index in [9.17, 15) is 5.26 Å². The van der Waals surface area contributed by atoms with Crippen molar-refractivity contribution in [2.24, 2.45) is 5.92 Å². The van der Waals surface area contributed by atoms with Crippen molar-refractivity contribution in [1.29, 1.82) is 5.26 Å². The lowest BCUT2D eigenvalue weighted by Crippen LogP contribution is -2.03. The monoisotopic (exact) mass is 479 g/mol. The summed E-state index contributed by atoms with van der Waals surface area (Å²) in [6.45, 7) is 10.8. The molecule has 1 heterocycles. The second-order valence-corrected chi connectivity index (χ2v) is 9.15. The highest BCUT2D eigenvalue weighted by Crippen LogP contribution is 2.28. The van der Waals surface area contributed by atoms with Gasteiger partial charge in [0.2, 0.25) is 0 Å². The molecule has 188 valence electrons. The molecule has 0 fully saturated rings. The van der Waals surface area contributed by atoms with Crippen LogP contribution >= 0.6 is 0 Å². The van der Waals surface area contributed by atoms with Crippen LogP contribution in [0.5, 0.6) is 0 Å². The fourth-order valence-electron chi connectivity index (χ4n) is 3.89. The summed E-state index contributed by atoms with van der Waals surface area (Å²) in [5.74, 6) is 1.13. The molecular formula is C33H41N3. The van der Waals surface area contributed by atoms with E-state index < -0.39 is 0 Å². The summed E-state index contributed by atoms with van der Waals surface area (Å²) < 4.78 is 0. The third-order valence-electron chi connectivity index (χ3n) is 6.02. The van der Waals surface area contributed by atoms with Crippen LogP contribution in [0.1, 0.15) is 78.0 Å². The van der Waals surface area contributed by atoms with Crippen LogP contribution < -0.4 is 0 Å². The summed E-state index contributed by atoms with van der Waals surface area (Å²) in [5, 5.41) is 9.44. The van der Waals surface area contributed by atoms with Gasteiger partial charge in [0.05, 0.1) is 11.6 Å².